The molecule has 2 aromatic rings. The largest absolute Gasteiger partial charge is 0.0757 e. The SMILES string of the molecule is Cc1ccc2c(c1)C1=CCCc3cccc-2c31. The molecule has 0 N–H and O–H groups in total. The van der Waals surface area contributed by atoms with Gasteiger partial charge in [0.1, 0.15) is 0 Å². The second kappa shape index (κ2) is 3.10. The molecule has 0 saturated heterocycles. The quantitative estimate of drug-likeness (QED) is 0.526. The van der Waals surface area contributed by atoms with Crippen molar-refractivity contribution in [1.82, 2.24) is 0 Å². The van der Waals surface area contributed by atoms with Crippen LogP contribution in [-0.2, 0) is 6.42 Å². The fourth-order valence-electron chi connectivity index (χ4n) is 3.19. The predicted octanol–water partition coefficient (Wildman–Crippen LogP) is 4.35. The van der Waals surface area contributed by atoms with Crippen molar-refractivity contribution in [3.8, 4) is 11.1 Å². The monoisotopic (exact) mass is 218 g/mol. The van der Waals surface area contributed by atoms with E-state index in [1.165, 1.54) is 51.8 Å². The lowest BCUT2D eigenvalue weighted by Gasteiger charge is -2.14. The first-order valence-corrected chi connectivity index (χ1v) is 6.28. The van der Waals surface area contributed by atoms with Crippen molar-refractivity contribution in [2.24, 2.45) is 0 Å². The second-order valence-electron chi connectivity index (χ2n) is 5.05. The molecule has 0 radical (unpaired) electrons. The van der Waals surface area contributed by atoms with E-state index in [0.717, 1.165) is 0 Å². The molecule has 0 fully saturated rings. The third kappa shape index (κ3) is 1.13. The Labute approximate surface area is 102 Å². The van der Waals surface area contributed by atoms with Gasteiger partial charge in [-0.15, -0.1) is 0 Å². The van der Waals surface area contributed by atoms with Gasteiger partial charge in [0.05, 0.1) is 0 Å². The molecular weight excluding hydrogens is 204 g/mol. The zero-order valence-corrected chi connectivity index (χ0v) is 9.96. The smallest absolute Gasteiger partial charge is 0.00699 e. The first kappa shape index (κ1) is 9.23. The maximum Gasteiger partial charge on any atom is -0.00699 e. The molecule has 0 saturated carbocycles. The van der Waals surface area contributed by atoms with Crippen LogP contribution in [0.3, 0.4) is 0 Å². The summed E-state index contributed by atoms with van der Waals surface area (Å²) in [5.74, 6) is 0. The van der Waals surface area contributed by atoms with E-state index < -0.39 is 0 Å². The van der Waals surface area contributed by atoms with Gasteiger partial charge in [-0.3, -0.25) is 0 Å². The summed E-state index contributed by atoms with van der Waals surface area (Å²) in [4.78, 5) is 0. The topological polar surface area (TPSA) is 0 Å². The first-order valence-electron chi connectivity index (χ1n) is 6.28. The molecule has 17 heavy (non-hydrogen) atoms. The Morgan fingerprint density at radius 3 is 2.82 bits per heavy atom. The molecule has 0 atom stereocenters. The van der Waals surface area contributed by atoms with E-state index in [4.69, 9.17) is 0 Å². The molecule has 82 valence electrons. The van der Waals surface area contributed by atoms with Crippen LogP contribution in [-0.4, -0.2) is 0 Å². The van der Waals surface area contributed by atoms with Gasteiger partial charge < -0.3 is 0 Å². The maximum atomic E-state index is 2.41. The van der Waals surface area contributed by atoms with Gasteiger partial charge in [0.2, 0.25) is 0 Å². The molecule has 0 amide bonds. The number of aryl methyl sites for hydroxylation is 2. The number of hydrogen-bond donors (Lipinski definition) is 0. The minimum absolute atomic E-state index is 1.18. The Morgan fingerprint density at radius 1 is 0.941 bits per heavy atom. The highest BCUT2D eigenvalue weighted by molar-refractivity contribution is 6.02. The summed E-state index contributed by atoms with van der Waals surface area (Å²) >= 11 is 0. The van der Waals surface area contributed by atoms with Gasteiger partial charge in [0.25, 0.3) is 0 Å². The van der Waals surface area contributed by atoms with Crippen molar-refractivity contribution < 1.29 is 0 Å². The molecular formula is C17H14. The zero-order valence-electron chi connectivity index (χ0n) is 9.96. The third-order valence-corrected chi connectivity index (χ3v) is 3.94. The first-order chi connectivity index (χ1) is 8.34. The molecule has 0 aromatic heterocycles. The molecule has 2 aliphatic carbocycles. The van der Waals surface area contributed by atoms with E-state index in [9.17, 15) is 0 Å². The van der Waals surface area contributed by atoms with E-state index >= 15 is 0 Å². The number of allylic oxidation sites excluding steroid dienone is 1. The van der Waals surface area contributed by atoms with Crippen molar-refractivity contribution in [3.05, 3.63) is 64.7 Å². The summed E-state index contributed by atoms with van der Waals surface area (Å²) in [6.07, 6.45) is 4.79. The molecule has 0 unspecified atom stereocenters. The lowest BCUT2D eigenvalue weighted by Crippen LogP contribution is -1.97. The lowest BCUT2D eigenvalue weighted by atomic mass is 9.90. The second-order valence-corrected chi connectivity index (χ2v) is 5.05. The Kier molecular flexibility index (Phi) is 1.69. The highest BCUT2D eigenvalue weighted by Gasteiger charge is 2.26. The molecule has 0 aliphatic heterocycles. The van der Waals surface area contributed by atoms with Gasteiger partial charge in [0.15, 0.2) is 0 Å². The van der Waals surface area contributed by atoms with Crippen molar-refractivity contribution in [3.63, 3.8) is 0 Å². The number of rotatable bonds is 0. The molecule has 4 rings (SSSR count). The van der Waals surface area contributed by atoms with Crippen LogP contribution in [0.5, 0.6) is 0 Å². The van der Waals surface area contributed by atoms with Crippen molar-refractivity contribution >= 4 is 5.57 Å². The minimum Gasteiger partial charge on any atom is -0.0757 e. The van der Waals surface area contributed by atoms with E-state index in [2.05, 4.69) is 49.4 Å². The highest BCUT2D eigenvalue weighted by Crippen LogP contribution is 2.47. The van der Waals surface area contributed by atoms with Crippen LogP contribution in [0, 0.1) is 6.92 Å². The molecule has 2 aromatic carbocycles. The van der Waals surface area contributed by atoms with Crippen LogP contribution >= 0.6 is 0 Å². The Hall–Kier alpha value is -1.82. The van der Waals surface area contributed by atoms with Crippen LogP contribution in [0.4, 0.5) is 0 Å². The summed E-state index contributed by atoms with van der Waals surface area (Å²) in [7, 11) is 0. The van der Waals surface area contributed by atoms with E-state index in [-0.39, 0.29) is 0 Å². The van der Waals surface area contributed by atoms with Gasteiger partial charge in [0, 0.05) is 0 Å². The summed E-state index contributed by atoms with van der Waals surface area (Å²) in [5, 5.41) is 0. The average molecular weight is 218 g/mol. The standard InChI is InChI=1S/C17H14/c1-11-8-9-13-14-6-2-4-12-5-3-7-15(17(12)14)16(13)10-11/h2,4,6-10H,3,5H2,1H3. The van der Waals surface area contributed by atoms with Crippen molar-refractivity contribution in [1.29, 1.82) is 0 Å². The normalized spacial score (nSPS) is 15.2. The molecule has 0 heteroatoms. The molecule has 0 bridgehead atoms. The van der Waals surface area contributed by atoms with Gasteiger partial charge in [-0.05, 0) is 53.2 Å². The number of fused-ring (bicyclic) bond motifs is 3. The van der Waals surface area contributed by atoms with Gasteiger partial charge in [-0.2, -0.15) is 0 Å². The van der Waals surface area contributed by atoms with Crippen LogP contribution in [0.2, 0.25) is 0 Å². The summed E-state index contributed by atoms with van der Waals surface area (Å²) in [5.41, 5.74) is 10.1. The fraction of sp³-hybridized carbons (Fsp3) is 0.176. The third-order valence-electron chi connectivity index (χ3n) is 3.94. The van der Waals surface area contributed by atoms with Crippen LogP contribution in [0.15, 0.2) is 42.5 Å². The van der Waals surface area contributed by atoms with Crippen molar-refractivity contribution in [2.45, 2.75) is 19.8 Å². The number of hydrogen-bond acceptors (Lipinski definition) is 0. The van der Waals surface area contributed by atoms with Gasteiger partial charge in [-0.25, -0.2) is 0 Å². The fourth-order valence-corrected chi connectivity index (χ4v) is 3.19. The van der Waals surface area contributed by atoms with Crippen LogP contribution in [0.1, 0.15) is 28.7 Å². The Morgan fingerprint density at radius 2 is 1.88 bits per heavy atom. The summed E-state index contributed by atoms with van der Waals surface area (Å²) in [6.45, 7) is 2.17. The summed E-state index contributed by atoms with van der Waals surface area (Å²) < 4.78 is 0. The minimum atomic E-state index is 1.18. The Bertz CT molecular complexity index is 660. The van der Waals surface area contributed by atoms with Crippen LogP contribution in [0.25, 0.3) is 16.7 Å². The molecule has 0 heterocycles. The highest BCUT2D eigenvalue weighted by atomic mass is 14.3. The number of benzene rings is 2. The van der Waals surface area contributed by atoms with Crippen LogP contribution < -0.4 is 0 Å². The predicted molar refractivity (Wildman–Crippen MR) is 72.0 cm³/mol. The van der Waals surface area contributed by atoms with E-state index in [1.807, 2.05) is 0 Å². The molecule has 0 spiro atoms. The summed E-state index contributed by atoms with van der Waals surface area (Å²) in [6, 6.07) is 13.6. The van der Waals surface area contributed by atoms with E-state index in [1.54, 1.807) is 0 Å². The Balaban J connectivity index is 2.14. The average Bonchev–Trinajstić information content (AvgIpc) is 2.67. The molecule has 2 aliphatic rings. The lowest BCUT2D eigenvalue weighted by molar-refractivity contribution is 0.982. The van der Waals surface area contributed by atoms with Gasteiger partial charge >= 0.3 is 0 Å². The van der Waals surface area contributed by atoms with E-state index in [0.29, 0.717) is 0 Å². The maximum absolute atomic E-state index is 2.41. The van der Waals surface area contributed by atoms with Crippen molar-refractivity contribution in [2.75, 3.05) is 0 Å². The molecule has 0 nitrogen and oxygen atoms in total. The zero-order chi connectivity index (χ0) is 11.4. The van der Waals surface area contributed by atoms with Gasteiger partial charge in [-0.1, -0.05) is 48.0 Å².